The van der Waals surface area contributed by atoms with E-state index in [1.807, 2.05) is 0 Å². The second-order valence-electron chi connectivity index (χ2n) is 4.95. The van der Waals surface area contributed by atoms with Crippen LogP contribution in [0.4, 0.5) is 0 Å². The Morgan fingerprint density at radius 3 is 2.33 bits per heavy atom. The molecule has 0 aromatic heterocycles. The fourth-order valence-electron chi connectivity index (χ4n) is 1.70. The van der Waals surface area contributed by atoms with E-state index in [9.17, 15) is 13.2 Å². The quantitative estimate of drug-likeness (QED) is 0.503. The Labute approximate surface area is 110 Å². The van der Waals surface area contributed by atoms with Gasteiger partial charge in [-0.25, -0.2) is 13.1 Å². The normalized spacial score (nSPS) is 13.6. The highest BCUT2D eigenvalue weighted by molar-refractivity contribution is 7.88. The van der Waals surface area contributed by atoms with E-state index in [-0.39, 0.29) is 18.4 Å². The molecule has 7 heteroatoms. The number of carbonyl (C=O) groups excluding carboxylic acids is 1. The lowest BCUT2D eigenvalue weighted by Crippen LogP contribution is -2.35. The smallest absolute Gasteiger partial charge is 0.220 e. The van der Waals surface area contributed by atoms with Crippen molar-refractivity contribution in [2.75, 3.05) is 25.9 Å². The Morgan fingerprint density at radius 2 is 1.89 bits per heavy atom. The molecule has 0 aromatic rings. The molecule has 0 saturated heterocycles. The van der Waals surface area contributed by atoms with Crippen molar-refractivity contribution in [1.82, 2.24) is 10.0 Å². The lowest BCUT2D eigenvalue weighted by molar-refractivity contribution is -0.122. The zero-order valence-electron chi connectivity index (χ0n) is 11.4. The van der Waals surface area contributed by atoms with Gasteiger partial charge >= 0.3 is 0 Å². The highest BCUT2D eigenvalue weighted by atomic mass is 32.2. The van der Waals surface area contributed by atoms with E-state index in [2.05, 4.69) is 23.9 Å². The number of rotatable bonds is 9. The number of nitrogens with two attached hydrogens (primary N) is 1. The van der Waals surface area contributed by atoms with Crippen molar-refractivity contribution in [2.45, 2.75) is 26.7 Å². The van der Waals surface area contributed by atoms with E-state index in [1.54, 1.807) is 0 Å². The van der Waals surface area contributed by atoms with Crippen molar-refractivity contribution in [2.24, 2.45) is 17.6 Å². The largest absolute Gasteiger partial charge is 0.355 e. The first-order valence-corrected chi connectivity index (χ1v) is 8.05. The van der Waals surface area contributed by atoms with E-state index in [4.69, 9.17) is 5.73 Å². The Morgan fingerprint density at radius 1 is 1.28 bits per heavy atom. The van der Waals surface area contributed by atoms with Gasteiger partial charge in [0.1, 0.15) is 0 Å². The summed E-state index contributed by atoms with van der Waals surface area (Å²) in [5.74, 6) is 0.618. The third kappa shape index (κ3) is 10.5. The predicted octanol–water partition coefficient (Wildman–Crippen LogP) is -0.337. The van der Waals surface area contributed by atoms with Gasteiger partial charge < -0.3 is 11.1 Å². The van der Waals surface area contributed by atoms with Crippen LogP contribution in [0.2, 0.25) is 0 Å². The maximum atomic E-state index is 11.6. The highest BCUT2D eigenvalue weighted by Gasteiger charge is 2.13. The van der Waals surface area contributed by atoms with Gasteiger partial charge in [0.15, 0.2) is 0 Å². The molecule has 1 amide bonds. The van der Waals surface area contributed by atoms with E-state index >= 15 is 0 Å². The molecule has 4 N–H and O–H groups in total. The molecule has 6 nitrogen and oxygen atoms in total. The van der Waals surface area contributed by atoms with Gasteiger partial charge in [-0.05, 0) is 24.8 Å². The molecule has 1 atom stereocenters. The van der Waals surface area contributed by atoms with Crippen LogP contribution >= 0.6 is 0 Å². The zero-order chi connectivity index (χ0) is 14.2. The molecule has 0 aromatic carbocycles. The van der Waals surface area contributed by atoms with Gasteiger partial charge in [-0.3, -0.25) is 4.79 Å². The molecule has 0 unspecified atom stereocenters. The second kappa shape index (κ2) is 8.44. The monoisotopic (exact) mass is 279 g/mol. The summed E-state index contributed by atoms with van der Waals surface area (Å²) >= 11 is 0. The van der Waals surface area contributed by atoms with Gasteiger partial charge in [-0.2, -0.15) is 0 Å². The van der Waals surface area contributed by atoms with Crippen LogP contribution in [-0.2, 0) is 14.8 Å². The molecular weight excluding hydrogens is 254 g/mol. The number of sulfonamides is 1. The Kier molecular flexibility index (Phi) is 8.13. The van der Waals surface area contributed by atoms with Crippen molar-refractivity contribution >= 4 is 15.9 Å². The average Bonchev–Trinajstić information content (AvgIpc) is 2.21. The van der Waals surface area contributed by atoms with Gasteiger partial charge in [0.25, 0.3) is 0 Å². The minimum absolute atomic E-state index is 0.0820. The highest BCUT2D eigenvalue weighted by Crippen LogP contribution is 2.13. The topological polar surface area (TPSA) is 101 Å². The fourth-order valence-corrected chi connectivity index (χ4v) is 2.18. The minimum atomic E-state index is -3.19. The third-order valence-electron chi connectivity index (χ3n) is 2.42. The number of nitrogens with one attached hydrogen (secondary N) is 2. The molecule has 0 saturated carbocycles. The Balaban J connectivity index is 3.82. The summed E-state index contributed by atoms with van der Waals surface area (Å²) < 4.78 is 23.9. The maximum Gasteiger partial charge on any atom is 0.220 e. The van der Waals surface area contributed by atoms with Crippen LogP contribution in [0.25, 0.3) is 0 Å². The molecule has 108 valence electrons. The molecule has 0 aliphatic rings. The van der Waals surface area contributed by atoms with Gasteiger partial charge in [-0.15, -0.1) is 0 Å². The van der Waals surface area contributed by atoms with Crippen LogP contribution in [0.5, 0.6) is 0 Å². The average molecular weight is 279 g/mol. The van der Waals surface area contributed by atoms with E-state index < -0.39 is 10.0 Å². The van der Waals surface area contributed by atoms with Gasteiger partial charge in [0.2, 0.25) is 15.9 Å². The van der Waals surface area contributed by atoms with Gasteiger partial charge in [-0.1, -0.05) is 13.8 Å². The summed E-state index contributed by atoms with van der Waals surface area (Å²) in [4.78, 5) is 11.6. The van der Waals surface area contributed by atoms with Crippen molar-refractivity contribution in [1.29, 1.82) is 0 Å². The SMILES string of the molecule is CC(C)C[C@H](CN)CC(=O)NCCNS(C)(=O)=O. The van der Waals surface area contributed by atoms with Crippen molar-refractivity contribution in [3.63, 3.8) is 0 Å². The summed E-state index contributed by atoms with van der Waals surface area (Å²) in [7, 11) is -3.19. The Bertz CT molecular complexity index is 341. The van der Waals surface area contributed by atoms with Crippen LogP contribution in [0.3, 0.4) is 0 Å². The standard InChI is InChI=1S/C11H25N3O3S/c1-9(2)6-10(8-12)7-11(15)13-4-5-14-18(3,16)17/h9-10,14H,4-8,12H2,1-3H3,(H,13,15)/t10-/m0/s1. The minimum Gasteiger partial charge on any atom is -0.355 e. The van der Waals surface area contributed by atoms with E-state index in [0.29, 0.717) is 25.4 Å². The van der Waals surface area contributed by atoms with Crippen LogP contribution in [-0.4, -0.2) is 40.2 Å². The lowest BCUT2D eigenvalue weighted by atomic mass is 9.94. The van der Waals surface area contributed by atoms with Gasteiger partial charge in [0.05, 0.1) is 6.26 Å². The zero-order valence-corrected chi connectivity index (χ0v) is 12.2. The molecule has 0 rings (SSSR count). The third-order valence-corrected chi connectivity index (χ3v) is 3.15. The number of hydrogen-bond donors (Lipinski definition) is 3. The summed E-state index contributed by atoms with van der Waals surface area (Å²) in [6.07, 6.45) is 2.40. The molecule has 18 heavy (non-hydrogen) atoms. The maximum absolute atomic E-state index is 11.6. The summed E-state index contributed by atoms with van der Waals surface area (Å²) in [5, 5.41) is 2.67. The number of hydrogen-bond acceptors (Lipinski definition) is 4. The first-order chi connectivity index (χ1) is 8.24. The molecule has 0 spiro atoms. The Hall–Kier alpha value is -0.660. The summed E-state index contributed by atoms with van der Waals surface area (Å²) in [6.45, 7) is 5.19. The molecule has 0 radical (unpaired) electrons. The van der Waals surface area contributed by atoms with E-state index in [1.165, 1.54) is 0 Å². The summed E-state index contributed by atoms with van der Waals surface area (Å²) in [5.41, 5.74) is 5.61. The first-order valence-electron chi connectivity index (χ1n) is 6.16. The van der Waals surface area contributed by atoms with Crippen molar-refractivity contribution < 1.29 is 13.2 Å². The number of amides is 1. The molecule has 0 aliphatic carbocycles. The molecular formula is C11H25N3O3S. The first kappa shape index (κ1) is 17.3. The lowest BCUT2D eigenvalue weighted by Gasteiger charge is -2.16. The van der Waals surface area contributed by atoms with Crippen molar-refractivity contribution in [3.8, 4) is 0 Å². The van der Waals surface area contributed by atoms with Gasteiger partial charge in [0, 0.05) is 19.5 Å². The molecule has 0 bridgehead atoms. The second-order valence-corrected chi connectivity index (χ2v) is 6.78. The summed E-state index contributed by atoms with van der Waals surface area (Å²) in [6, 6.07) is 0. The molecule has 0 aliphatic heterocycles. The fraction of sp³-hybridized carbons (Fsp3) is 0.909. The van der Waals surface area contributed by atoms with Crippen molar-refractivity contribution in [3.05, 3.63) is 0 Å². The predicted molar refractivity (Wildman–Crippen MR) is 72.5 cm³/mol. The van der Waals surface area contributed by atoms with Crippen LogP contribution in [0.1, 0.15) is 26.7 Å². The molecule has 0 heterocycles. The molecule has 0 fully saturated rings. The van der Waals surface area contributed by atoms with Crippen LogP contribution in [0, 0.1) is 11.8 Å². The van der Waals surface area contributed by atoms with Crippen LogP contribution < -0.4 is 15.8 Å². The van der Waals surface area contributed by atoms with E-state index in [0.717, 1.165) is 12.7 Å². The van der Waals surface area contributed by atoms with Crippen LogP contribution in [0.15, 0.2) is 0 Å². The number of carbonyl (C=O) groups is 1.